The Kier molecular flexibility index (Phi) is 6.98. The van der Waals surface area contributed by atoms with E-state index < -0.39 is 4.92 Å². The molecule has 0 spiro atoms. The van der Waals surface area contributed by atoms with Crippen LogP contribution in [0.1, 0.15) is 24.5 Å². The summed E-state index contributed by atoms with van der Waals surface area (Å²) in [7, 11) is 1.40. The quantitative estimate of drug-likeness (QED) is 0.293. The Morgan fingerprint density at radius 1 is 1.39 bits per heavy atom. The first-order valence-corrected chi connectivity index (χ1v) is 10.2. The lowest BCUT2D eigenvalue weighted by Gasteiger charge is -2.11. The van der Waals surface area contributed by atoms with Crippen LogP contribution < -0.4 is 20.6 Å². The second kappa shape index (κ2) is 9.85. The molecule has 11 heteroatoms. The van der Waals surface area contributed by atoms with Gasteiger partial charge < -0.3 is 15.2 Å². The molecular formula is C20H21N5O5S. The van der Waals surface area contributed by atoms with Crippen molar-refractivity contribution in [2.75, 3.05) is 19.5 Å². The van der Waals surface area contributed by atoms with E-state index in [1.807, 2.05) is 19.1 Å². The number of hydrogen-bond donors (Lipinski definition) is 2. The largest absolute Gasteiger partial charge is 0.493 e. The standard InChI is InChI=1S/C20H21N5O5S/c1-3-6-30-19-15(25(27)28)7-13(8-16(19)29-2)11-22-24-18(26)10-12-4-5-14-17(9-12)31-20(21)23-14/h4-5,7-9,11H,3,6,10H2,1-2H3,(H2,21,23)(H,24,26)/b22-11-. The minimum atomic E-state index is -0.550. The van der Waals surface area contributed by atoms with Crippen molar-refractivity contribution in [3.8, 4) is 11.5 Å². The van der Waals surface area contributed by atoms with Gasteiger partial charge in [-0.2, -0.15) is 5.10 Å². The monoisotopic (exact) mass is 443 g/mol. The molecule has 1 aromatic heterocycles. The van der Waals surface area contributed by atoms with Gasteiger partial charge in [0.1, 0.15) is 0 Å². The fourth-order valence-corrected chi connectivity index (χ4v) is 3.62. The zero-order valence-electron chi connectivity index (χ0n) is 17.0. The summed E-state index contributed by atoms with van der Waals surface area (Å²) >= 11 is 1.35. The number of hydrazone groups is 1. The highest BCUT2D eigenvalue weighted by atomic mass is 32.1. The van der Waals surface area contributed by atoms with Crippen LogP contribution in [-0.2, 0) is 11.2 Å². The number of fused-ring (bicyclic) bond motifs is 1. The second-order valence-corrected chi connectivity index (χ2v) is 7.56. The summed E-state index contributed by atoms with van der Waals surface area (Å²) in [4.78, 5) is 27.3. The number of nitrogens with zero attached hydrogens (tertiary/aromatic N) is 3. The molecule has 3 aromatic rings. The summed E-state index contributed by atoms with van der Waals surface area (Å²) in [5.74, 6) is -0.0559. The van der Waals surface area contributed by atoms with Gasteiger partial charge in [-0.1, -0.05) is 24.3 Å². The average molecular weight is 443 g/mol. The lowest BCUT2D eigenvalue weighted by atomic mass is 10.1. The molecule has 0 atom stereocenters. The van der Waals surface area contributed by atoms with Gasteiger partial charge in [-0.25, -0.2) is 10.4 Å². The van der Waals surface area contributed by atoms with Gasteiger partial charge in [-0.05, 0) is 30.2 Å². The Hall–Kier alpha value is -3.73. The second-order valence-electron chi connectivity index (χ2n) is 6.50. The van der Waals surface area contributed by atoms with E-state index in [9.17, 15) is 14.9 Å². The van der Waals surface area contributed by atoms with Gasteiger partial charge in [0, 0.05) is 11.6 Å². The number of nitro groups is 1. The fourth-order valence-electron chi connectivity index (χ4n) is 2.82. The Balaban J connectivity index is 1.70. The maximum Gasteiger partial charge on any atom is 0.315 e. The molecule has 31 heavy (non-hydrogen) atoms. The number of ether oxygens (including phenoxy) is 2. The van der Waals surface area contributed by atoms with E-state index in [0.29, 0.717) is 23.7 Å². The Labute approximate surface area is 181 Å². The van der Waals surface area contributed by atoms with Crippen LogP contribution in [0.15, 0.2) is 35.4 Å². The molecule has 0 fully saturated rings. The Bertz CT molecular complexity index is 1140. The first-order valence-electron chi connectivity index (χ1n) is 9.37. The number of carbonyl (C=O) groups is 1. The summed E-state index contributed by atoms with van der Waals surface area (Å²) in [6.07, 6.45) is 2.11. The van der Waals surface area contributed by atoms with Crippen molar-refractivity contribution < 1.29 is 19.2 Å². The molecule has 0 unspecified atom stereocenters. The third-order valence-corrected chi connectivity index (χ3v) is 5.01. The third kappa shape index (κ3) is 5.45. The number of carbonyl (C=O) groups excluding carboxylic acids is 1. The van der Waals surface area contributed by atoms with E-state index in [-0.39, 0.29) is 29.5 Å². The fraction of sp³-hybridized carbons (Fsp3) is 0.250. The predicted octanol–water partition coefficient (Wildman–Crippen LogP) is 3.28. The molecule has 2 aromatic carbocycles. The van der Waals surface area contributed by atoms with Gasteiger partial charge in [0.05, 0.1) is 41.5 Å². The molecule has 0 saturated heterocycles. The van der Waals surface area contributed by atoms with Crippen molar-refractivity contribution in [1.29, 1.82) is 0 Å². The number of methoxy groups -OCH3 is 1. The number of nitrogen functional groups attached to an aromatic ring is 1. The van der Waals surface area contributed by atoms with Crippen LogP contribution >= 0.6 is 11.3 Å². The van der Waals surface area contributed by atoms with Crippen molar-refractivity contribution in [3.63, 3.8) is 0 Å². The lowest BCUT2D eigenvalue weighted by Crippen LogP contribution is -2.19. The maximum absolute atomic E-state index is 12.2. The smallest absolute Gasteiger partial charge is 0.315 e. The number of benzene rings is 2. The van der Waals surface area contributed by atoms with Crippen molar-refractivity contribution in [2.45, 2.75) is 19.8 Å². The highest BCUT2D eigenvalue weighted by molar-refractivity contribution is 7.22. The molecule has 0 saturated carbocycles. The molecule has 0 aliphatic rings. The summed E-state index contributed by atoms with van der Waals surface area (Å²) in [6, 6.07) is 8.33. The molecule has 0 bridgehead atoms. The highest BCUT2D eigenvalue weighted by Crippen LogP contribution is 2.38. The predicted molar refractivity (Wildman–Crippen MR) is 119 cm³/mol. The first kappa shape index (κ1) is 22.0. The summed E-state index contributed by atoms with van der Waals surface area (Å²) in [5, 5.41) is 15.8. The van der Waals surface area contributed by atoms with E-state index >= 15 is 0 Å². The number of anilines is 1. The lowest BCUT2D eigenvalue weighted by molar-refractivity contribution is -0.386. The summed E-state index contributed by atoms with van der Waals surface area (Å²) < 4.78 is 11.6. The maximum atomic E-state index is 12.2. The first-order chi connectivity index (χ1) is 14.9. The number of nitrogens with two attached hydrogens (primary N) is 1. The third-order valence-electron chi connectivity index (χ3n) is 4.16. The summed E-state index contributed by atoms with van der Waals surface area (Å²) in [6.45, 7) is 2.22. The minimum absolute atomic E-state index is 0.0645. The van der Waals surface area contributed by atoms with Crippen LogP contribution in [0, 0.1) is 10.1 Å². The van der Waals surface area contributed by atoms with Crippen molar-refractivity contribution >= 4 is 44.5 Å². The normalized spacial score (nSPS) is 11.0. The van der Waals surface area contributed by atoms with E-state index in [1.54, 1.807) is 12.1 Å². The number of amides is 1. The Morgan fingerprint density at radius 2 is 2.19 bits per heavy atom. The van der Waals surface area contributed by atoms with E-state index in [2.05, 4.69) is 15.5 Å². The minimum Gasteiger partial charge on any atom is -0.493 e. The zero-order chi connectivity index (χ0) is 22.4. The van der Waals surface area contributed by atoms with Crippen LogP contribution in [0.4, 0.5) is 10.8 Å². The van der Waals surface area contributed by atoms with Gasteiger partial charge in [-0.15, -0.1) is 0 Å². The van der Waals surface area contributed by atoms with Gasteiger partial charge in [0.15, 0.2) is 10.9 Å². The van der Waals surface area contributed by atoms with E-state index in [1.165, 1.54) is 30.7 Å². The number of aromatic nitrogens is 1. The van der Waals surface area contributed by atoms with E-state index in [0.717, 1.165) is 15.8 Å². The van der Waals surface area contributed by atoms with Gasteiger partial charge >= 0.3 is 5.69 Å². The molecule has 1 heterocycles. The molecule has 1 amide bonds. The number of nitro benzene ring substituents is 1. The SMILES string of the molecule is CCCOc1c(OC)cc(/C=N\NC(=O)Cc2ccc3nc(N)sc3c2)cc1[N+](=O)[O-]. The van der Waals surface area contributed by atoms with E-state index in [4.69, 9.17) is 15.2 Å². The highest BCUT2D eigenvalue weighted by Gasteiger charge is 2.22. The van der Waals surface area contributed by atoms with Crippen molar-refractivity contribution in [1.82, 2.24) is 10.4 Å². The molecule has 162 valence electrons. The van der Waals surface area contributed by atoms with Gasteiger partial charge in [0.25, 0.3) is 0 Å². The number of nitrogens with one attached hydrogen (secondary N) is 1. The molecule has 0 aliphatic heterocycles. The van der Waals surface area contributed by atoms with Crippen molar-refractivity contribution in [2.24, 2.45) is 5.10 Å². The topological polar surface area (TPSA) is 142 Å². The number of thiazole rings is 1. The molecule has 3 rings (SSSR count). The molecular weight excluding hydrogens is 422 g/mol. The zero-order valence-corrected chi connectivity index (χ0v) is 17.8. The van der Waals surface area contributed by atoms with Crippen LogP contribution in [0.2, 0.25) is 0 Å². The van der Waals surface area contributed by atoms with Crippen LogP contribution in [0.5, 0.6) is 11.5 Å². The molecule has 0 radical (unpaired) electrons. The van der Waals surface area contributed by atoms with Gasteiger partial charge in [-0.3, -0.25) is 14.9 Å². The molecule has 10 nitrogen and oxygen atoms in total. The number of rotatable bonds is 9. The molecule has 3 N–H and O–H groups in total. The number of hydrogen-bond acceptors (Lipinski definition) is 9. The summed E-state index contributed by atoms with van der Waals surface area (Å²) in [5.41, 5.74) is 9.84. The van der Waals surface area contributed by atoms with Gasteiger partial charge in [0.2, 0.25) is 11.7 Å². The van der Waals surface area contributed by atoms with Crippen LogP contribution in [0.25, 0.3) is 10.2 Å². The van der Waals surface area contributed by atoms with Crippen LogP contribution in [-0.4, -0.2) is 35.7 Å². The Morgan fingerprint density at radius 3 is 2.90 bits per heavy atom. The molecule has 0 aliphatic carbocycles. The average Bonchev–Trinajstić information content (AvgIpc) is 3.11. The van der Waals surface area contributed by atoms with Crippen LogP contribution in [0.3, 0.4) is 0 Å². The van der Waals surface area contributed by atoms with Crippen molar-refractivity contribution in [3.05, 3.63) is 51.6 Å².